The molecule has 1 aromatic carbocycles. The fourth-order valence-electron chi connectivity index (χ4n) is 7.50. The number of amides is 1. The van der Waals surface area contributed by atoms with Crippen molar-refractivity contribution in [3.8, 4) is 11.1 Å². The number of pyridine rings is 2. The quantitative estimate of drug-likeness (QED) is 0.415. The van der Waals surface area contributed by atoms with Crippen LogP contribution in [0.5, 0.6) is 0 Å². The zero-order chi connectivity index (χ0) is 29.0. The van der Waals surface area contributed by atoms with Crippen molar-refractivity contribution in [3.63, 3.8) is 0 Å². The Balaban J connectivity index is 1.22. The number of anilines is 3. The summed E-state index contributed by atoms with van der Waals surface area (Å²) in [6.07, 6.45) is 12.9. The molecule has 5 heterocycles. The highest BCUT2D eigenvalue weighted by Crippen LogP contribution is 2.55. The maximum Gasteiger partial charge on any atom is 0.237 e. The van der Waals surface area contributed by atoms with Gasteiger partial charge >= 0.3 is 0 Å². The van der Waals surface area contributed by atoms with Gasteiger partial charge in [-0.2, -0.15) is 4.72 Å². The van der Waals surface area contributed by atoms with Crippen LogP contribution >= 0.6 is 0 Å². The van der Waals surface area contributed by atoms with E-state index in [1.165, 1.54) is 32.4 Å². The fourth-order valence-corrected chi connectivity index (χ4v) is 8.03. The number of benzene rings is 1. The van der Waals surface area contributed by atoms with Crippen molar-refractivity contribution in [2.45, 2.75) is 62.8 Å². The molecule has 1 N–H and O–H groups in total. The summed E-state index contributed by atoms with van der Waals surface area (Å²) in [5, 5.41) is 1.04. The van der Waals surface area contributed by atoms with E-state index in [4.69, 9.17) is 9.97 Å². The average molecular weight is 588 g/mol. The van der Waals surface area contributed by atoms with Crippen LogP contribution in [-0.4, -0.2) is 83.0 Å². The second-order valence-corrected chi connectivity index (χ2v) is 14.1. The van der Waals surface area contributed by atoms with Gasteiger partial charge in [0.05, 0.1) is 22.8 Å². The third-order valence-corrected chi connectivity index (χ3v) is 11.1. The second kappa shape index (κ2) is 11.0. The van der Waals surface area contributed by atoms with Gasteiger partial charge in [0.25, 0.3) is 0 Å². The van der Waals surface area contributed by atoms with Gasteiger partial charge in [0.15, 0.2) is 17.4 Å². The number of hydrogen-bond donors (Lipinski definition) is 1. The zero-order valence-corrected chi connectivity index (χ0v) is 25.8. The lowest BCUT2D eigenvalue weighted by atomic mass is 9.64. The minimum Gasteiger partial charge on any atom is -0.573 e. The Kier molecular flexibility index (Phi) is 7.28. The van der Waals surface area contributed by atoms with Crippen molar-refractivity contribution < 1.29 is 9.35 Å². The summed E-state index contributed by atoms with van der Waals surface area (Å²) in [7, 11) is 5.47. The lowest BCUT2D eigenvalue weighted by Crippen LogP contribution is -2.47. The van der Waals surface area contributed by atoms with Crippen LogP contribution in [0, 0.1) is 0 Å². The van der Waals surface area contributed by atoms with Crippen molar-refractivity contribution in [2.75, 3.05) is 61.8 Å². The molecule has 222 valence electrons. The van der Waals surface area contributed by atoms with Crippen LogP contribution in [0.15, 0.2) is 36.7 Å². The first-order valence-electron chi connectivity index (χ1n) is 15.4. The number of hydrogen-bond acceptors (Lipinski definition) is 8. The Hall–Kier alpha value is -2.92. The SMILES string of the molecule is CN1C(=O)C2(CCC2)c2c1cnc1ccc(-c3cnc(N4CCC(N5CCCCC5)CC4)c(N[S+]([O-])N(C)C)c3)cc21. The number of rotatable bonds is 6. The van der Waals surface area contributed by atoms with Gasteiger partial charge in [-0.25, -0.2) is 4.98 Å². The summed E-state index contributed by atoms with van der Waals surface area (Å²) >= 11 is -1.39. The Morgan fingerprint density at radius 1 is 0.976 bits per heavy atom. The molecule has 1 amide bonds. The molecule has 42 heavy (non-hydrogen) atoms. The first-order valence-corrected chi connectivity index (χ1v) is 16.5. The maximum atomic E-state index is 13.3. The van der Waals surface area contributed by atoms with E-state index >= 15 is 0 Å². The summed E-state index contributed by atoms with van der Waals surface area (Å²) in [6.45, 7) is 4.33. The van der Waals surface area contributed by atoms with Gasteiger partial charge in [-0.15, -0.1) is 4.31 Å². The largest absolute Gasteiger partial charge is 0.573 e. The third-order valence-electron chi connectivity index (χ3n) is 10.0. The summed E-state index contributed by atoms with van der Waals surface area (Å²) in [4.78, 5) is 29.8. The van der Waals surface area contributed by atoms with Crippen LogP contribution in [0.1, 0.15) is 56.9 Å². The molecule has 1 unspecified atom stereocenters. The number of likely N-dealkylation sites (tertiary alicyclic amines) is 1. The fraction of sp³-hybridized carbons (Fsp3) is 0.531. The van der Waals surface area contributed by atoms with Gasteiger partial charge in [-0.3, -0.25) is 9.78 Å². The van der Waals surface area contributed by atoms with Crippen LogP contribution in [0.4, 0.5) is 17.2 Å². The van der Waals surface area contributed by atoms with E-state index in [9.17, 15) is 9.35 Å². The molecule has 4 aliphatic rings. The minimum atomic E-state index is -1.39. The van der Waals surface area contributed by atoms with Crippen LogP contribution in [0.2, 0.25) is 0 Å². The topological polar surface area (TPSA) is 90.9 Å². The Labute approximate surface area is 251 Å². The predicted octanol–water partition coefficient (Wildman–Crippen LogP) is 4.70. The molecule has 0 radical (unpaired) electrons. The lowest BCUT2D eigenvalue weighted by molar-refractivity contribution is -0.125. The smallest absolute Gasteiger partial charge is 0.237 e. The maximum absolute atomic E-state index is 13.3. The molecule has 3 fully saturated rings. The molecule has 1 spiro atoms. The first kappa shape index (κ1) is 27.9. The van der Waals surface area contributed by atoms with Crippen molar-refractivity contribution in [1.82, 2.24) is 19.2 Å². The molecule has 2 saturated heterocycles. The predicted molar refractivity (Wildman–Crippen MR) is 170 cm³/mol. The van der Waals surface area contributed by atoms with Crippen molar-refractivity contribution in [1.29, 1.82) is 0 Å². The van der Waals surface area contributed by atoms with Crippen molar-refractivity contribution in [3.05, 3.63) is 42.2 Å². The number of likely N-dealkylation sites (N-methyl/N-ethyl adjacent to an activating group) is 1. The molecular formula is C32H41N7O2S. The van der Waals surface area contributed by atoms with Gasteiger partial charge in [0.2, 0.25) is 5.91 Å². The molecule has 0 bridgehead atoms. The Bertz CT molecular complexity index is 1500. The summed E-state index contributed by atoms with van der Waals surface area (Å²) < 4.78 is 17.9. The van der Waals surface area contributed by atoms with Gasteiger partial charge in [-0.1, -0.05) is 18.9 Å². The molecule has 1 saturated carbocycles. The molecule has 9 nitrogen and oxygen atoms in total. The number of carbonyl (C=O) groups is 1. The standard InChI is InChI=1S/C32H41N7O2S/c1-36(2)42(41)35-27-19-23(20-34-30(27)39-16-10-24(11-17-39)38-14-5-4-6-15-38)22-8-9-26-25(18-22)29-28(21-33-26)37(3)31(40)32(29)12-7-13-32/h8-9,18-21,24,35H,4-7,10-17H2,1-3H3. The Morgan fingerprint density at radius 3 is 2.43 bits per heavy atom. The number of carbonyl (C=O) groups excluding carboxylic acids is 1. The van der Waals surface area contributed by atoms with Crippen LogP contribution in [0.3, 0.4) is 0 Å². The number of piperidine rings is 2. The molecule has 1 aliphatic carbocycles. The monoisotopic (exact) mass is 587 g/mol. The molecule has 7 rings (SSSR count). The summed E-state index contributed by atoms with van der Waals surface area (Å²) in [5.41, 5.74) is 5.27. The highest BCUT2D eigenvalue weighted by atomic mass is 32.2. The highest BCUT2D eigenvalue weighted by Gasteiger charge is 2.54. The first-order chi connectivity index (χ1) is 20.4. The van der Waals surface area contributed by atoms with E-state index < -0.39 is 17.0 Å². The normalized spacial score (nSPS) is 21.7. The lowest BCUT2D eigenvalue weighted by Gasteiger charge is -2.40. The minimum absolute atomic E-state index is 0.191. The molecule has 3 aromatic rings. The molecular weight excluding hydrogens is 546 g/mol. The summed E-state index contributed by atoms with van der Waals surface area (Å²) in [6, 6.07) is 9.01. The van der Waals surface area contributed by atoms with Gasteiger partial charge in [-0.05, 0) is 75.4 Å². The van der Waals surface area contributed by atoms with Gasteiger partial charge < -0.3 is 19.3 Å². The van der Waals surface area contributed by atoms with E-state index in [0.29, 0.717) is 6.04 Å². The zero-order valence-electron chi connectivity index (χ0n) is 24.9. The van der Waals surface area contributed by atoms with E-state index in [0.717, 1.165) is 90.0 Å². The highest BCUT2D eigenvalue weighted by molar-refractivity contribution is 7.90. The third kappa shape index (κ3) is 4.63. The van der Waals surface area contributed by atoms with Crippen molar-refractivity contribution in [2.24, 2.45) is 0 Å². The number of nitrogens with one attached hydrogen (secondary N) is 1. The number of fused-ring (bicyclic) bond motifs is 4. The van der Waals surface area contributed by atoms with Crippen LogP contribution < -0.4 is 14.5 Å². The molecule has 1 atom stereocenters. The second-order valence-electron chi connectivity index (χ2n) is 12.6. The van der Waals surface area contributed by atoms with Gasteiger partial charge in [0.1, 0.15) is 5.69 Å². The van der Waals surface area contributed by atoms with E-state index in [-0.39, 0.29) is 5.91 Å². The molecule has 3 aliphatic heterocycles. The van der Waals surface area contributed by atoms with Gasteiger partial charge in [0, 0.05) is 63.0 Å². The number of aromatic nitrogens is 2. The van der Waals surface area contributed by atoms with Crippen LogP contribution in [0.25, 0.3) is 22.0 Å². The molecule has 10 heteroatoms. The van der Waals surface area contributed by atoms with E-state index in [2.05, 4.69) is 32.7 Å². The molecule has 2 aromatic heterocycles. The number of nitrogens with zero attached hydrogens (tertiary/aromatic N) is 6. The Morgan fingerprint density at radius 2 is 1.74 bits per heavy atom. The average Bonchev–Trinajstić information content (AvgIpc) is 3.24. The van der Waals surface area contributed by atoms with E-state index in [1.807, 2.05) is 25.5 Å². The summed E-state index contributed by atoms with van der Waals surface area (Å²) in [5.74, 6) is 1.05. The van der Waals surface area contributed by atoms with Crippen LogP contribution in [-0.2, 0) is 21.8 Å². The van der Waals surface area contributed by atoms with Crippen molar-refractivity contribution >= 4 is 45.6 Å². The van der Waals surface area contributed by atoms with E-state index in [1.54, 1.807) is 23.3 Å².